The van der Waals surface area contributed by atoms with Crippen LogP contribution in [0.15, 0.2) is 59.1 Å². The quantitative estimate of drug-likeness (QED) is 0.238. The molecule has 0 saturated carbocycles. The summed E-state index contributed by atoms with van der Waals surface area (Å²) in [6.45, 7) is 5.65. The van der Waals surface area contributed by atoms with Gasteiger partial charge >= 0.3 is 0 Å². The van der Waals surface area contributed by atoms with Crippen LogP contribution in [-0.4, -0.2) is 30.4 Å². The van der Waals surface area contributed by atoms with Gasteiger partial charge in [0.15, 0.2) is 0 Å². The molecular weight excluding hydrogens is 500 g/mol. The zero-order chi connectivity index (χ0) is 23.5. The molecular formula is C27H28BrClN2O2. The first-order chi connectivity index (χ1) is 15.9. The number of methoxy groups -OCH3 is 2. The standard InChI is InChI=1S/C27H28BrClN2O2/c1-17(2)19-8-10-20(11-9-19)27-30-25-24(28)21(14-18-6-5-7-22(29)15-18)16-23(33-4)26(25)31(27)12-13-32-3/h5-11,15-17H,12-14H2,1-4H3. The number of halogens is 2. The number of aromatic nitrogens is 2. The number of rotatable bonds is 8. The number of nitrogens with zero attached hydrogens (tertiary/aromatic N) is 2. The molecule has 0 fully saturated rings. The topological polar surface area (TPSA) is 36.3 Å². The van der Waals surface area contributed by atoms with E-state index in [2.05, 4.69) is 70.7 Å². The highest BCUT2D eigenvalue weighted by Crippen LogP contribution is 2.39. The molecule has 1 aromatic heterocycles. The average Bonchev–Trinajstić information content (AvgIpc) is 3.19. The molecule has 0 aliphatic carbocycles. The van der Waals surface area contributed by atoms with Crippen LogP contribution in [0.1, 0.15) is 36.5 Å². The van der Waals surface area contributed by atoms with E-state index in [9.17, 15) is 0 Å². The minimum absolute atomic E-state index is 0.481. The van der Waals surface area contributed by atoms with Crippen molar-refractivity contribution >= 4 is 38.6 Å². The predicted molar refractivity (Wildman–Crippen MR) is 140 cm³/mol. The molecule has 0 spiro atoms. The largest absolute Gasteiger partial charge is 0.494 e. The van der Waals surface area contributed by atoms with E-state index in [1.807, 2.05) is 18.2 Å². The summed E-state index contributed by atoms with van der Waals surface area (Å²) in [4.78, 5) is 5.09. The molecule has 172 valence electrons. The Bertz CT molecular complexity index is 1270. The number of imidazole rings is 1. The van der Waals surface area contributed by atoms with Crippen LogP contribution < -0.4 is 4.74 Å². The highest BCUT2D eigenvalue weighted by atomic mass is 79.9. The van der Waals surface area contributed by atoms with Crippen molar-refractivity contribution in [2.24, 2.45) is 0 Å². The van der Waals surface area contributed by atoms with Crippen molar-refractivity contribution in [3.05, 3.63) is 80.8 Å². The first-order valence-corrected chi connectivity index (χ1v) is 12.2. The number of benzene rings is 3. The molecule has 4 rings (SSSR count). The van der Waals surface area contributed by atoms with Gasteiger partial charge in [0.25, 0.3) is 0 Å². The highest BCUT2D eigenvalue weighted by molar-refractivity contribution is 9.10. The summed E-state index contributed by atoms with van der Waals surface area (Å²) in [5, 5.41) is 0.729. The van der Waals surface area contributed by atoms with Crippen molar-refractivity contribution in [3.63, 3.8) is 0 Å². The molecule has 1 heterocycles. The third-order valence-electron chi connectivity index (χ3n) is 5.85. The van der Waals surface area contributed by atoms with E-state index < -0.39 is 0 Å². The second kappa shape index (κ2) is 10.3. The lowest BCUT2D eigenvalue weighted by Crippen LogP contribution is -2.07. The highest BCUT2D eigenvalue weighted by Gasteiger charge is 2.21. The Balaban J connectivity index is 1.88. The molecule has 0 radical (unpaired) electrons. The van der Waals surface area contributed by atoms with Gasteiger partial charge in [0.2, 0.25) is 0 Å². The lowest BCUT2D eigenvalue weighted by molar-refractivity contribution is 0.188. The summed E-state index contributed by atoms with van der Waals surface area (Å²) < 4.78 is 14.4. The Morgan fingerprint density at radius 2 is 1.82 bits per heavy atom. The van der Waals surface area contributed by atoms with E-state index in [4.69, 9.17) is 26.1 Å². The van der Waals surface area contributed by atoms with E-state index in [1.165, 1.54) is 5.56 Å². The molecule has 4 aromatic rings. The van der Waals surface area contributed by atoms with Crippen LogP contribution in [0.3, 0.4) is 0 Å². The van der Waals surface area contributed by atoms with Crippen molar-refractivity contribution in [1.29, 1.82) is 0 Å². The van der Waals surface area contributed by atoms with Crippen LogP contribution in [0.2, 0.25) is 5.02 Å². The zero-order valence-electron chi connectivity index (χ0n) is 19.4. The van der Waals surface area contributed by atoms with Crippen molar-refractivity contribution in [2.75, 3.05) is 20.8 Å². The van der Waals surface area contributed by atoms with Gasteiger partial charge in [-0.2, -0.15) is 0 Å². The molecule has 4 nitrogen and oxygen atoms in total. The molecule has 0 unspecified atom stereocenters. The van der Waals surface area contributed by atoms with E-state index in [1.54, 1.807) is 14.2 Å². The summed E-state index contributed by atoms with van der Waals surface area (Å²) >= 11 is 10.1. The Kier molecular flexibility index (Phi) is 7.42. The molecule has 0 atom stereocenters. The summed E-state index contributed by atoms with van der Waals surface area (Å²) in [5.41, 5.74) is 6.44. The molecule has 0 aliphatic rings. The van der Waals surface area contributed by atoms with Gasteiger partial charge in [-0.05, 0) is 63.2 Å². The first-order valence-electron chi connectivity index (χ1n) is 11.0. The Hall–Kier alpha value is -2.34. The average molecular weight is 528 g/mol. The minimum Gasteiger partial charge on any atom is -0.494 e. The zero-order valence-corrected chi connectivity index (χ0v) is 21.7. The number of ether oxygens (including phenoxy) is 2. The Morgan fingerprint density at radius 1 is 1.06 bits per heavy atom. The molecule has 0 amide bonds. The third-order valence-corrected chi connectivity index (χ3v) is 6.97. The van der Waals surface area contributed by atoms with Crippen LogP contribution >= 0.6 is 27.5 Å². The van der Waals surface area contributed by atoms with Gasteiger partial charge < -0.3 is 14.0 Å². The summed E-state index contributed by atoms with van der Waals surface area (Å²) in [6, 6.07) is 18.7. The van der Waals surface area contributed by atoms with E-state index >= 15 is 0 Å². The SMILES string of the molecule is COCCn1c(-c2ccc(C(C)C)cc2)nc2c(Br)c(Cc3cccc(Cl)c3)cc(OC)c21. The second-order valence-corrected chi connectivity index (χ2v) is 9.64. The van der Waals surface area contributed by atoms with Crippen LogP contribution in [-0.2, 0) is 17.7 Å². The van der Waals surface area contributed by atoms with Crippen LogP contribution in [0.25, 0.3) is 22.4 Å². The van der Waals surface area contributed by atoms with Crippen LogP contribution in [0.4, 0.5) is 0 Å². The molecule has 0 aliphatic heterocycles. The normalized spacial score (nSPS) is 11.5. The fourth-order valence-corrected chi connectivity index (χ4v) is 4.83. The molecule has 33 heavy (non-hydrogen) atoms. The van der Waals surface area contributed by atoms with Gasteiger partial charge in [0, 0.05) is 28.7 Å². The van der Waals surface area contributed by atoms with Crippen molar-refractivity contribution in [2.45, 2.75) is 32.7 Å². The maximum Gasteiger partial charge on any atom is 0.145 e. The smallest absolute Gasteiger partial charge is 0.145 e. The van der Waals surface area contributed by atoms with E-state index in [0.717, 1.165) is 55.2 Å². The van der Waals surface area contributed by atoms with Gasteiger partial charge in [0.1, 0.15) is 22.6 Å². The van der Waals surface area contributed by atoms with Gasteiger partial charge in [0.05, 0.1) is 13.7 Å². The maximum atomic E-state index is 6.21. The van der Waals surface area contributed by atoms with E-state index in [-0.39, 0.29) is 0 Å². The van der Waals surface area contributed by atoms with Crippen LogP contribution in [0.5, 0.6) is 5.75 Å². The maximum absolute atomic E-state index is 6.21. The Labute approximate surface area is 208 Å². The van der Waals surface area contributed by atoms with E-state index in [0.29, 0.717) is 19.1 Å². The molecule has 3 aromatic carbocycles. The fraction of sp³-hybridized carbons (Fsp3) is 0.296. The molecule has 0 bridgehead atoms. The van der Waals surface area contributed by atoms with Crippen molar-refractivity contribution in [3.8, 4) is 17.1 Å². The fourth-order valence-electron chi connectivity index (χ4n) is 4.09. The lowest BCUT2D eigenvalue weighted by Gasteiger charge is -2.14. The minimum atomic E-state index is 0.481. The first kappa shape index (κ1) is 23.8. The monoisotopic (exact) mass is 526 g/mol. The number of hydrogen-bond acceptors (Lipinski definition) is 3. The molecule has 0 N–H and O–H groups in total. The van der Waals surface area contributed by atoms with Gasteiger partial charge in [-0.15, -0.1) is 0 Å². The summed E-state index contributed by atoms with van der Waals surface area (Å²) in [6.07, 6.45) is 0.719. The van der Waals surface area contributed by atoms with Crippen molar-refractivity contribution in [1.82, 2.24) is 9.55 Å². The van der Waals surface area contributed by atoms with Gasteiger partial charge in [-0.25, -0.2) is 4.98 Å². The molecule has 6 heteroatoms. The molecule has 0 saturated heterocycles. The number of fused-ring (bicyclic) bond motifs is 1. The van der Waals surface area contributed by atoms with Crippen molar-refractivity contribution < 1.29 is 9.47 Å². The summed E-state index contributed by atoms with van der Waals surface area (Å²) in [7, 11) is 3.42. The Morgan fingerprint density at radius 3 is 2.45 bits per heavy atom. The second-order valence-electron chi connectivity index (χ2n) is 8.41. The number of hydrogen-bond donors (Lipinski definition) is 0. The van der Waals surface area contributed by atoms with Crippen LogP contribution in [0, 0.1) is 0 Å². The summed E-state index contributed by atoms with van der Waals surface area (Å²) in [5.74, 6) is 2.17. The predicted octanol–water partition coefficient (Wildman–Crippen LogP) is 7.49. The van der Waals surface area contributed by atoms with Gasteiger partial charge in [-0.1, -0.05) is 61.8 Å². The lowest BCUT2D eigenvalue weighted by atomic mass is 10.0. The van der Waals surface area contributed by atoms with Gasteiger partial charge in [-0.3, -0.25) is 0 Å². The third kappa shape index (κ3) is 4.96.